The number of ether oxygens (including phenoxy) is 1. The third kappa shape index (κ3) is 3.13. The Morgan fingerprint density at radius 1 is 1.38 bits per heavy atom. The Morgan fingerprint density at radius 3 is 2.46 bits per heavy atom. The summed E-state index contributed by atoms with van der Waals surface area (Å²) in [5, 5.41) is 0. The summed E-state index contributed by atoms with van der Waals surface area (Å²) in [5.74, 6) is 0. The molecule has 0 spiro atoms. The number of pyridine rings is 1. The molecular weight excluding hydrogens is 164 g/mol. The van der Waals surface area contributed by atoms with Gasteiger partial charge in [-0.05, 0) is 31.5 Å². The first-order valence-corrected chi connectivity index (χ1v) is 4.49. The Balaban J connectivity index is 2.67. The summed E-state index contributed by atoms with van der Waals surface area (Å²) < 4.78 is 5.63. The van der Waals surface area contributed by atoms with Crippen LogP contribution in [0.15, 0.2) is 24.5 Å². The van der Waals surface area contributed by atoms with Crippen molar-refractivity contribution >= 4 is 0 Å². The second-order valence-electron chi connectivity index (χ2n) is 3.19. The van der Waals surface area contributed by atoms with Crippen molar-refractivity contribution < 1.29 is 4.74 Å². The van der Waals surface area contributed by atoms with Crippen LogP contribution in [-0.4, -0.2) is 17.6 Å². The Hall–Kier alpha value is -0.930. The Bertz CT molecular complexity index is 236. The zero-order valence-corrected chi connectivity index (χ0v) is 8.10. The highest BCUT2D eigenvalue weighted by Crippen LogP contribution is 2.16. The van der Waals surface area contributed by atoms with Gasteiger partial charge in [0.2, 0.25) is 0 Å². The van der Waals surface area contributed by atoms with Crippen LogP contribution in [0.1, 0.15) is 25.5 Å². The molecule has 3 nitrogen and oxygen atoms in total. The predicted molar refractivity (Wildman–Crippen MR) is 52.3 cm³/mol. The Labute approximate surface area is 78.9 Å². The molecule has 13 heavy (non-hydrogen) atoms. The molecule has 0 saturated carbocycles. The fourth-order valence-corrected chi connectivity index (χ4v) is 1.18. The molecule has 0 aromatic carbocycles. The van der Waals surface area contributed by atoms with Crippen LogP contribution in [0.3, 0.4) is 0 Å². The number of nitrogens with zero attached hydrogens (tertiary/aromatic N) is 1. The van der Waals surface area contributed by atoms with Crippen molar-refractivity contribution in [1.82, 2.24) is 4.98 Å². The molecule has 0 saturated heterocycles. The quantitative estimate of drug-likeness (QED) is 0.764. The normalized spacial score (nSPS) is 13.2. The summed E-state index contributed by atoms with van der Waals surface area (Å²) in [6.45, 7) is 4.51. The van der Waals surface area contributed by atoms with Gasteiger partial charge in [-0.1, -0.05) is 0 Å². The van der Waals surface area contributed by atoms with Crippen molar-refractivity contribution in [3.05, 3.63) is 30.1 Å². The first-order chi connectivity index (χ1) is 6.24. The number of hydrogen-bond acceptors (Lipinski definition) is 3. The topological polar surface area (TPSA) is 48.1 Å². The van der Waals surface area contributed by atoms with E-state index < -0.39 is 0 Å². The second kappa shape index (κ2) is 4.94. The van der Waals surface area contributed by atoms with Gasteiger partial charge in [-0.15, -0.1) is 0 Å². The maximum absolute atomic E-state index is 5.63. The zero-order chi connectivity index (χ0) is 9.68. The average Bonchev–Trinajstić information content (AvgIpc) is 2.15. The van der Waals surface area contributed by atoms with E-state index in [-0.39, 0.29) is 12.2 Å². The van der Waals surface area contributed by atoms with E-state index in [1.165, 1.54) is 0 Å². The fraction of sp³-hybridized carbons (Fsp3) is 0.500. The fourth-order valence-electron chi connectivity index (χ4n) is 1.18. The van der Waals surface area contributed by atoms with Crippen molar-refractivity contribution in [2.45, 2.75) is 26.1 Å². The first-order valence-electron chi connectivity index (χ1n) is 4.49. The minimum atomic E-state index is -0.0111. The van der Waals surface area contributed by atoms with Crippen molar-refractivity contribution in [2.75, 3.05) is 6.54 Å². The van der Waals surface area contributed by atoms with Crippen LogP contribution in [0.5, 0.6) is 0 Å². The van der Waals surface area contributed by atoms with Gasteiger partial charge in [0.1, 0.15) is 0 Å². The predicted octanol–water partition coefficient (Wildman–Crippen LogP) is 1.51. The van der Waals surface area contributed by atoms with Gasteiger partial charge < -0.3 is 10.5 Å². The van der Waals surface area contributed by atoms with Gasteiger partial charge in [0.25, 0.3) is 0 Å². The van der Waals surface area contributed by atoms with Gasteiger partial charge in [0.05, 0.1) is 12.2 Å². The maximum Gasteiger partial charge on any atom is 0.0951 e. The van der Waals surface area contributed by atoms with Crippen LogP contribution in [0.4, 0.5) is 0 Å². The highest BCUT2D eigenvalue weighted by atomic mass is 16.5. The van der Waals surface area contributed by atoms with Crippen molar-refractivity contribution in [2.24, 2.45) is 5.73 Å². The molecule has 0 amide bonds. The summed E-state index contributed by atoms with van der Waals surface area (Å²) in [5.41, 5.74) is 6.70. The molecule has 0 bridgehead atoms. The third-order valence-corrected chi connectivity index (χ3v) is 1.73. The van der Waals surface area contributed by atoms with Crippen molar-refractivity contribution in [3.8, 4) is 0 Å². The number of rotatable bonds is 4. The molecule has 1 aromatic rings. The summed E-state index contributed by atoms with van der Waals surface area (Å²) in [6.07, 6.45) is 3.69. The third-order valence-electron chi connectivity index (χ3n) is 1.73. The molecular formula is C10H16N2O. The van der Waals surface area contributed by atoms with E-state index in [2.05, 4.69) is 4.98 Å². The van der Waals surface area contributed by atoms with Gasteiger partial charge in [-0.3, -0.25) is 4.98 Å². The highest BCUT2D eigenvalue weighted by Gasteiger charge is 2.10. The van der Waals surface area contributed by atoms with E-state index >= 15 is 0 Å². The summed E-state index contributed by atoms with van der Waals surface area (Å²) >= 11 is 0. The molecule has 72 valence electrons. The standard InChI is InChI=1S/C10H16N2O/c1-8(2)13-10(7-11)9-3-5-12-6-4-9/h3-6,8,10H,7,11H2,1-2H3. The van der Waals surface area contributed by atoms with Crippen molar-refractivity contribution in [1.29, 1.82) is 0 Å². The van der Waals surface area contributed by atoms with Crippen molar-refractivity contribution in [3.63, 3.8) is 0 Å². The van der Waals surface area contributed by atoms with Crippen LogP contribution in [0.25, 0.3) is 0 Å². The van der Waals surface area contributed by atoms with Crippen LogP contribution >= 0.6 is 0 Å². The highest BCUT2D eigenvalue weighted by molar-refractivity contribution is 5.13. The molecule has 0 aliphatic carbocycles. The second-order valence-corrected chi connectivity index (χ2v) is 3.19. The zero-order valence-electron chi connectivity index (χ0n) is 8.10. The molecule has 0 aliphatic rings. The number of nitrogens with two attached hydrogens (primary N) is 1. The van der Waals surface area contributed by atoms with E-state index in [4.69, 9.17) is 10.5 Å². The Morgan fingerprint density at radius 2 is 2.00 bits per heavy atom. The molecule has 1 heterocycles. The van der Waals surface area contributed by atoms with Gasteiger partial charge in [-0.25, -0.2) is 0 Å². The van der Waals surface area contributed by atoms with Gasteiger partial charge >= 0.3 is 0 Å². The van der Waals surface area contributed by atoms with Crippen LogP contribution in [-0.2, 0) is 4.74 Å². The van der Waals surface area contributed by atoms with E-state index in [1.54, 1.807) is 12.4 Å². The number of hydrogen-bond donors (Lipinski definition) is 1. The minimum absolute atomic E-state index is 0.0111. The first kappa shape index (κ1) is 10.2. The van der Waals surface area contributed by atoms with Gasteiger partial charge in [0, 0.05) is 18.9 Å². The van der Waals surface area contributed by atoms with Crippen LogP contribution in [0, 0.1) is 0 Å². The van der Waals surface area contributed by atoms with Crippen LogP contribution in [0.2, 0.25) is 0 Å². The van der Waals surface area contributed by atoms with E-state index in [0.29, 0.717) is 6.54 Å². The van der Waals surface area contributed by atoms with E-state index in [0.717, 1.165) is 5.56 Å². The van der Waals surface area contributed by atoms with E-state index in [1.807, 2.05) is 26.0 Å². The molecule has 1 rings (SSSR count). The average molecular weight is 180 g/mol. The van der Waals surface area contributed by atoms with Gasteiger partial charge in [-0.2, -0.15) is 0 Å². The monoisotopic (exact) mass is 180 g/mol. The molecule has 1 atom stereocenters. The molecule has 2 N–H and O–H groups in total. The molecule has 1 aromatic heterocycles. The lowest BCUT2D eigenvalue weighted by Gasteiger charge is -2.18. The molecule has 0 aliphatic heterocycles. The molecule has 3 heteroatoms. The molecule has 1 unspecified atom stereocenters. The maximum atomic E-state index is 5.63. The lowest BCUT2D eigenvalue weighted by atomic mass is 10.1. The summed E-state index contributed by atoms with van der Waals surface area (Å²) in [4.78, 5) is 3.94. The molecule has 0 fully saturated rings. The SMILES string of the molecule is CC(C)OC(CN)c1ccncc1. The smallest absolute Gasteiger partial charge is 0.0951 e. The molecule has 0 radical (unpaired) electrons. The minimum Gasteiger partial charge on any atom is -0.370 e. The van der Waals surface area contributed by atoms with E-state index in [9.17, 15) is 0 Å². The van der Waals surface area contributed by atoms with Crippen LogP contribution < -0.4 is 5.73 Å². The summed E-state index contributed by atoms with van der Waals surface area (Å²) in [7, 11) is 0. The summed E-state index contributed by atoms with van der Waals surface area (Å²) in [6, 6.07) is 3.86. The lowest BCUT2D eigenvalue weighted by molar-refractivity contribution is 0.0119. The Kier molecular flexibility index (Phi) is 3.86. The lowest BCUT2D eigenvalue weighted by Crippen LogP contribution is -2.19. The van der Waals surface area contributed by atoms with Gasteiger partial charge in [0.15, 0.2) is 0 Å². The largest absolute Gasteiger partial charge is 0.370 e. The number of aromatic nitrogens is 1.